The molecule has 0 saturated heterocycles. The third-order valence-electron chi connectivity index (χ3n) is 4.99. The van der Waals surface area contributed by atoms with Crippen molar-refractivity contribution >= 4 is 17.6 Å². The van der Waals surface area contributed by atoms with Crippen molar-refractivity contribution in [2.75, 3.05) is 0 Å². The van der Waals surface area contributed by atoms with E-state index in [1.807, 2.05) is 0 Å². The van der Waals surface area contributed by atoms with E-state index in [4.69, 9.17) is 16.3 Å². The third-order valence-corrected chi connectivity index (χ3v) is 5.23. The summed E-state index contributed by atoms with van der Waals surface area (Å²) in [4.78, 5) is 11.4. The van der Waals surface area contributed by atoms with E-state index in [0.29, 0.717) is 5.56 Å². The van der Waals surface area contributed by atoms with Crippen LogP contribution in [-0.2, 0) is 15.7 Å². The van der Waals surface area contributed by atoms with Crippen LogP contribution in [0.4, 0.5) is 17.6 Å². The molecule has 1 aromatic heterocycles. The summed E-state index contributed by atoms with van der Waals surface area (Å²) in [7, 11) is 0. The van der Waals surface area contributed by atoms with E-state index < -0.39 is 42.4 Å². The molecular weight excluding hydrogens is 442 g/mol. The molecule has 0 saturated carbocycles. The Labute approximate surface area is 178 Å². The van der Waals surface area contributed by atoms with Crippen molar-refractivity contribution in [1.29, 1.82) is 0 Å². The fraction of sp³-hybridized carbons (Fsp3) is 0.250. The summed E-state index contributed by atoms with van der Waals surface area (Å²) in [6.45, 7) is 1.50. The lowest BCUT2D eigenvalue weighted by atomic mass is 9.95. The zero-order chi connectivity index (χ0) is 22.5. The fourth-order valence-corrected chi connectivity index (χ4v) is 3.79. The van der Waals surface area contributed by atoms with Gasteiger partial charge in [0.15, 0.2) is 5.82 Å². The zero-order valence-electron chi connectivity index (χ0n) is 15.8. The van der Waals surface area contributed by atoms with Crippen molar-refractivity contribution < 1.29 is 32.2 Å². The smallest absolute Gasteiger partial charge is 0.452 e. The molecule has 2 atom stereocenters. The normalized spacial score (nSPS) is 18.3. The monoisotopic (exact) mass is 455 g/mol. The Morgan fingerprint density at radius 1 is 1.23 bits per heavy atom. The summed E-state index contributed by atoms with van der Waals surface area (Å²) in [5, 5.41) is 16.4. The second-order valence-electron chi connectivity index (χ2n) is 6.97. The zero-order valence-corrected chi connectivity index (χ0v) is 16.6. The van der Waals surface area contributed by atoms with Crippen molar-refractivity contribution in [1.82, 2.24) is 14.8 Å². The van der Waals surface area contributed by atoms with Crippen LogP contribution in [0.15, 0.2) is 36.4 Å². The molecule has 0 bridgehead atoms. The van der Waals surface area contributed by atoms with Crippen LogP contribution >= 0.6 is 11.6 Å². The number of halogens is 5. The van der Waals surface area contributed by atoms with Crippen LogP contribution in [0.1, 0.15) is 47.0 Å². The number of carboxylic acid groups (broad SMARTS) is 1. The SMILES string of the molecule is Cc1c(F)cccc1[C@@H]1O[C@@H](CC(=O)O)c2nnc(C(F)(F)F)n2-c2ccc(Cl)cc21. The first-order valence-corrected chi connectivity index (χ1v) is 9.40. The lowest BCUT2D eigenvalue weighted by molar-refractivity contribution is -0.146. The van der Waals surface area contributed by atoms with Crippen LogP contribution in [0.2, 0.25) is 5.02 Å². The molecule has 0 fully saturated rings. The molecule has 2 aromatic carbocycles. The molecule has 4 rings (SSSR count). The summed E-state index contributed by atoms with van der Waals surface area (Å²) in [6.07, 6.45) is -8.04. The molecule has 1 aliphatic heterocycles. The summed E-state index contributed by atoms with van der Waals surface area (Å²) in [5.41, 5.74) is 0.742. The minimum Gasteiger partial charge on any atom is -0.481 e. The lowest BCUT2D eigenvalue weighted by Gasteiger charge is -2.23. The Morgan fingerprint density at radius 3 is 2.65 bits per heavy atom. The number of aromatic nitrogens is 3. The lowest BCUT2D eigenvalue weighted by Crippen LogP contribution is -2.17. The van der Waals surface area contributed by atoms with E-state index in [-0.39, 0.29) is 27.7 Å². The van der Waals surface area contributed by atoms with Crippen molar-refractivity contribution in [3.05, 3.63) is 75.6 Å². The number of carbonyl (C=O) groups is 1. The molecule has 162 valence electrons. The molecule has 2 heterocycles. The number of hydrogen-bond acceptors (Lipinski definition) is 4. The van der Waals surface area contributed by atoms with Gasteiger partial charge in [-0.15, -0.1) is 10.2 Å². The first-order chi connectivity index (χ1) is 14.6. The predicted octanol–water partition coefficient (Wildman–Crippen LogP) is 5.02. The Balaban J connectivity index is 2.04. The number of alkyl halides is 3. The third kappa shape index (κ3) is 3.77. The fourth-order valence-electron chi connectivity index (χ4n) is 3.61. The highest BCUT2D eigenvalue weighted by molar-refractivity contribution is 6.30. The quantitative estimate of drug-likeness (QED) is 0.561. The number of carboxylic acids is 1. The summed E-state index contributed by atoms with van der Waals surface area (Å²) >= 11 is 6.12. The van der Waals surface area contributed by atoms with Crippen molar-refractivity contribution in [2.45, 2.75) is 31.7 Å². The molecule has 1 aliphatic rings. The second-order valence-corrected chi connectivity index (χ2v) is 7.41. The van der Waals surface area contributed by atoms with Gasteiger partial charge in [0.1, 0.15) is 18.0 Å². The Hall–Kier alpha value is -2.98. The van der Waals surface area contributed by atoms with Crippen molar-refractivity contribution in [2.24, 2.45) is 0 Å². The number of benzene rings is 2. The van der Waals surface area contributed by atoms with Gasteiger partial charge < -0.3 is 9.84 Å². The first kappa shape index (κ1) is 21.3. The summed E-state index contributed by atoms with van der Waals surface area (Å²) < 4.78 is 62.0. The van der Waals surface area contributed by atoms with Gasteiger partial charge >= 0.3 is 12.1 Å². The van der Waals surface area contributed by atoms with Gasteiger partial charge in [0.2, 0.25) is 5.82 Å². The molecule has 0 amide bonds. The largest absolute Gasteiger partial charge is 0.481 e. The number of nitrogens with zero attached hydrogens (tertiary/aromatic N) is 3. The van der Waals surface area contributed by atoms with E-state index in [2.05, 4.69) is 10.2 Å². The van der Waals surface area contributed by atoms with E-state index in [1.54, 1.807) is 6.07 Å². The van der Waals surface area contributed by atoms with E-state index in [0.717, 1.165) is 4.57 Å². The number of hydrogen-bond donors (Lipinski definition) is 1. The molecule has 0 unspecified atom stereocenters. The van der Waals surface area contributed by atoms with Gasteiger partial charge in [-0.05, 0) is 42.3 Å². The first-order valence-electron chi connectivity index (χ1n) is 9.02. The highest BCUT2D eigenvalue weighted by atomic mass is 35.5. The van der Waals surface area contributed by atoms with E-state index >= 15 is 0 Å². The molecule has 1 N–H and O–H groups in total. The van der Waals surface area contributed by atoms with Gasteiger partial charge in [0.25, 0.3) is 0 Å². The van der Waals surface area contributed by atoms with Gasteiger partial charge in [-0.2, -0.15) is 13.2 Å². The molecule has 31 heavy (non-hydrogen) atoms. The molecule has 6 nitrogen and oxygen atoms in total. The predicted molar refractivity (Wildman–Crippen MR) is 100 cm³/mol. The topological polar surface area (TPSA) is 77.2 Å². The van der Waals surface area contributed by atoms with Crippen LogP contribution in [0.3, 0.4) is 0 Å². The average molecular weight is 456 g/mol. The van der Waals surface area contributed by atoms with Crippen LogP contribution in [0.25, 0.3) is 5.69 Å². The summed E-state index contributed by atoms with van der Waals surface area (Å²) in [5.74, 6) is -3.51. The average Bonchev–Trinajstić information content (AvgIpc) is 3.08. The standard InChI is InChI=1S/C20H14ClF4N3O3/c1-9-11(3-2-4-13(9)22)17-12-7-10(21)5-6-14(12)28-18(15(31-17)8-16(29)30)26-27-19(28)20(23,24)25/h2-7,15,17H,8H2,1H3,(H,29,30)/t15-,17-/m0/s1. The van der Waals surface area contributed by atoms with Crippen LogP contribution in [-0.4, -0.2) is 25.8 Å². The highest BCUT2D eigenvalue weighted by Crippen LogP contribution is 2.44. The van der Waals surface area contributed by atoms with Crippen LogP contribution in [0.5, 0.6) is 0 Å². The Kier molecular flexibility index (Phi) is 5.22. The molecule has 0 aliphatic carbocycles. The number of fused-ring (bicyclic) bond motifs is 3. The molecular formula is C20H14ClF4N3O3. The van der Waals surface area contributed by atoms with Crippen molar-refractivity contribution in [3.8, 4) is 5.69 Å². The van der Waals surface area contributed by atoms with Crippen LogP contribution in [0, 0.1) is 12.7 Å². The Bertz CT molecular complexity index is 1180. The second kappa shape index (κ2) is 7.61. The number of aliphatic carboxylic acids is 1. The van der Waals surface area contributed by atoms with Gasteiger partial charge in [-0.1, -0.05) is 23.7 Å². The molecule has 0 spiro atoms. The number of rotatable bonds is 3. The molecule has 3 aromatic rings. The van der Waals surface area contributed by atoms with Gasteiger partial charge in [0.05, 0.1) is 12.1 Å². The maximum Gasteiger partial charge on any atom is 0.452 e. The Morgan fingerprint density at radius 2 is 1.97 bits per heavy atom. The number of ether oxygens (including phenoxy) is 1. The minimum absolute atomic E-state index is 0.0123. The molecule has 0 radical (unpaired) electrons. The highest BCUT2D eigenvalue weighted by Gasteiger charge is 2.43. The van der Waals surface area contributed by atoms with E-state index in [9.17, 15) is 27.5 Å². The van der Waals surface area contributed by atoms with Gasteiger partial charge in [-0.3, -0.25) is 9.36 Å². The molecule has 11 heteroatoms. The maximum absolute atomic E-state index is 14.3. The van der Waals surface area contributed by atoms with Gasteiger partial charge in [0, 0.05) is 10.6 Å². The van der Waals surface area contributed by atoms with E-state index in [1.165, 1.54) is 37.3 Å². The summed E-state index contributed by atoms with van der Waals surface area (Å²) in [6, 6.07) is 8.36. The van der Waals surface area contributed by atoms with Crippen LogP contribution < -0.4 is 0 Å². The van der Waals surface area contributed by atoms with Gasteiger partial charge in [-0.25, -0.2) is 4.39 Å². The minimum atomic E-state index is -4.87. The maximum atomic E-state index is 14.3. The van der Waals surface area contributed by atoms with Crippen molar-refractivity contribution in [3.63, 3.8) is 0 Å².